The Kier molecular flexibility index (Phi) is 6.30. The molecule has 0 radical (unpaired) electrons. The van der Waals surface area contributed by atoms with Crippen LogP contribution >= 0.6 is 0 Å². The summed E-state index contributed by atoms with van der Waals surface area (Å²) in [7, 11) is 3.20. The van der Waals surface area contributed by atoms with Crippen LogP contribution in [0.15, 0.2) is 42.5 Å². The molecule has 3 aromatic rings. The number of ether oxygens (including phenoxy) is 2. The van der Waals surface area contributed by atoms with Gasteiger partial charge in [0.2, 0.25) is 0 Å². The molecule has 8 heteroatoms. The van der Waals surface area contributed by atoms with E-state index in [4.69, 9.17) is 9.47 Å². The summed E-state index contributed by atoms with van der Waals surface area (Å²) in [6.45, 7) is 1.03. The highest BCUT2D eigenvalue weighted by molar-refractivity contribution is 5.94. The molecule has 0 saturated carbocycles. The number of imidazole rings is 1. The summed E-state index contributed by atoms with van der Waals surface area (Å²) in [5.74, 6) is 1.32. The number of aliphatic carboxylic acids is 1. The minimum absolute atomic E-state index is 0.00972. The van der Waals surface area contributed by atoms with Crippen molar-refractivity contribution in [2.45, 2.75) is 19.3 Å². The fourth-order valence-corrected chi connectivity index (χ4v) is 4.42. The number of H-pyrrole nitrogens is 1. The van der Waals surface area contributed by atoms with Crippen LogP contribution in [0.3, 0.4) is 0 Å². The van der Waals surface area contributed by atoms with Gasteiger partial charge in [-0.25, -0.2) is 4.98 Å². The number of hydrogen-bond donors (Lipinski definition) is 2. The molecule has 2 aromatic carbocycles. The molecule has 8 nitrogen and oxygen atoms in total. The summed E-state index contributed by atoms with van der Waals surface area (Å²) in [5, 5.41) is 9.39. The van der Waals surface area contributed by atoms with Crippen LogP contribution in [0, 0.1) is 11.8 Å². The maximum absolute atomic E-state index is 13.1. The number of benzene rings is 2. The predicted octanol–water partition coefficient (Wildman–Crippen LogP) is 3.38. The topological polar surface area (TPSA) is 105 Å². The van der Waals surface area contributed by atoms with Gasteiger partial charge in [0.15, 0.2) is 0 Å². The van der Waals surface area contributed by atoms with Crippen LogP contribution in [-0.4, -0.2) is 59.2 Å². The van der Waals surface area contributed by atoms with Crippen molar-refractivity contribution in [3.8, 4) is 11.5 Å². The SMILES string of the molecule is COc1ccc(C(=O)N2CC[C@@H](CC(=O)O)[C@@H](Cc3nc4ccc(OC)cc4[nH]3)C2)cc1. The van der Waals surface area contributed by atoms with E-state index in [1.165, 1.54) is 0 Å². The number of methoxy groups -OCH3 is 2. The monoisotopic (exact) mass is 437 g/mol. The van der Waals surface area contributed by atoms with Crippen molar-refractivity contribution in [3.63, 3.8) is 0 Å². The van der Waals surface area contributed by atoms with Gasteiger partial charge in [-0.05, 0) is 54.7 Å². The number of rotatable bonds is 7. The highest BCUT2D eigenvalue weighted by Crippen LogP contribution is 2.31. The van der Waals surface area contributed by atoms with Gasteiger partial charge in [-0.1, -0.05) is 0 Å². The molecule has 2 atom stereocenters. The Hall–Kier alpha value is -3.55. The molecular weight excluding hydrogens is 410 g/mol. The summed E-state index contributed by atoms with van der Waals surface area (Å²) in [4.78, 5) is 34.3. The Morgan fingerprint density at radius 3 is 2.50 bits per heavy atom. The minimum Gasteiger partial charge on any atom is -0.497 e. The number of likely N-dealkylation sites (tertiary alicyclic amines) is 1. The van der Waals surface area contributed by atoms with Crippen LogP contribution in [0.1, 0.15) is 29.0 Å². The van der Waals surface area contributed by atoms with Gasteiger partial charge in [0.1, 0.15) is 17.3 Å². The van der Waals surface area contributed by atoms with Crippen molar-refractivity contribution in [1.82, 2.24) is 14.9 Å². The summed E-state index contributed by atoms with van der Waals surface area (Å²) in [6.07, 6.45) is 1.30. The predicted molar refractivity (Wildman–Crippen MR) is 119 cm³/mol. The number of fused-ring (bicyclic) bond motifs is 1. The molecule has 1 amide bonds. The number of amides is 1. The largest absolute Gasteiger partial charge is 0.497 e. The maximum atomic E-state index is 13.1. The highest BCUT2D eigenvalue weighted by atomic mass is 16.5. The Morgan fingerprint density at radius 2 is 1.81 bits per heavy atom. The number of carboxylic acids is 1. The fourth-order valence-electron chi connectivity index (χ4n) is 4.42. The molecule has 4 rings (SSSR count). The zero-order valence-electron chi connectivity index (χ0n) is 18.2. The van der Waals surface area contributed by atoms with Gasteiger partial charge in [0.25, 0.3) is 5.91 Å². The molecular formula is C24H27N3O5. The molecule has 1 aliphatic heterocycles. The zero-order valence-corrected chi connectivity index (χ0v) is 18.2. The third-order valence-electron chi connectivity index (χ3n) is 6.15. The first-order valence-electron chi connectivity index (χ1n) is 10.6. The highest BCUT2D eigenvalue weighted by Gasteiger charge is 2.33. The molecule has 2 heterocycles. The van der Waals surface area contributed by atoms with Gasteiger partial charge in [-0.2, -0.15) is 0 Å². The molecule has 1 aromatic heterocycles. The van der Waals surface area contributed by atoms with E-state index >= 15 is 0 Å². The number of piperidine rings is 1. The first-order chi connectivity index (χ1) is 15.5. The molecule has 0 aliphatic carbocycles. The first-order valence-corrected chi connectivity index (χ1v) is 10.6. The molecule has 2 N–H and O–H groups in total. The number of nitrogens with one attached hydrogen (secondary N) is 1. The maximum Gasteiger partial charge on any atom is 0.303 e. The number of carbonyl (C=O) groups excluding carboxylic acids is 1. The van der Waals surface area contributed by atoms with E-state index in [0.717, 1.165) is 22.6 Å². The molecule has 0 unspecified atom stereocenters. The second-order valence-corrected chi connectivity index (χ2v) is 8.16. The number of aromatic nitrogens is 2. The van der Waals surface area contributed by atoms with Crippen LogP contribution in [0.4, 0.5) is 0 Å². The smallest absolute Gasteiger partial charge is 0.303 e. The van der Waals surface area contributed by atoms with Crippen molar-refractivity contribution in [2.24, 2.45) is 11.8 Å². The molecule has 1 saturated heterocycles. The Bertz CT molecular complexity index is 1110. The quantitative estimate of drug-likeness (QED) is 0.587. The lowest BCUT2D eigenvalue weighted by atomic mass is 9.81. The summed E-state index contributed by atoms with van der Waals surface area (Å²) >= 11 is 0. The Balaban J connectivity index is 1.53. The fraction of sp³-hybridized carbons (Fsp3) is 0.375. The standard InChI is InChI=1S/C24H27N3O5/c1-31-18-5-3-15(4-6-18)24(30)27-10-9-16(12-23(28)29)17(14-27)11-22-25-20-8-7-19(32-2)13-21(20)26-22/h3-8,13,16-17H,9-12,14H2,1-2H3,(H,25,26)(H,28,29)/t16-,17-/m0/s1. The summed E-state index contributed by atoms with van der Waals surface area (Å²) in [5.41, 5.74) is 2.30. The van der Waals surface area contributed by atoms with E-state index in [1.54, 1.807) is 38.5 Å². The van der Waals surface area contributed by atoms with Gasteiger partial charge in [-0.15, -0.1) is 0 Å². The van der Waals surface area contributed by atoms with Crippen molar-refractivity contribution in [3.05, 3.63) is 53.9 Å². The Morgan fingerprint density at radius 1 is 1.09 bits per heavy atom. The average Bonchev–Trinajstić information content (AvgIpc) is 3.20. The van der Waals surface area contributed by atoms with Crippen molar-refractivity contribution in [2.75, 3.05) is 27.3 Å². The molecule has 1 fully saturated rings. The van der Waals surface area contributed by atoms with Gasteiger partial charge >= 0.3 is 5.97 Å². The molecule has 0 spiro atoms. The van der Waals surface area contributed by atoms with E-state index in [2.05, 4.69) is 9.97 Å². The van der Waals surface area contributed by atoms with Crippen LogP contribution < -0.4 is 9.47 Å². The molecule has 32 heavy (non-hydrogen) atoms. The van der Waals surface area contributed by atoms with E-state index in [9.17, 15) is 14.7 Å². The van der Waals surface area contributed by atoms with E-state index in [1.807, 2.05) is 23.1 Å². The number of carbonyl (C=O) groups is 2. The van der Waals surface area contributed by atoms with Crippen molar-refractivity contribution < 1.29 is 24.2 Å². The third-order valence-corrected chi connectivity index (χ3v) is 6.15. The molecule has 168 valence electrons. The van der Waals surface area contributed by atoms with E-state index in [0.29, 0.717) is 37.2 Å². The van der Waals surface area contributed by atoms with Crippen LogP contribution in [-0.2, 0) is 11.2 Å². The van der Waals surface area contributed by atoms with Crippen molar-refractivity contribution in [1.29, 1.82) is 0 Å². The van der Waals surface area contributed by atoms with E-state index < -0.39 is 5.97 Å². The van der Waals surface area contributed by atoms with Gasteiger partial charge < -0.3 is 24.5 Å². The second kappa shape index (κ2) is 9.30. The third kappa shape index (κ3) is 4.69. The number of carboxylic acid groups (broad SMARTS) is 1. The zero-order chi connectivity index (χ0) is 22.7. The minimum atomic E-state index is -0.815. The number of nitrogens with zero attached hydrogens (tertiary/aromatic N) is 2. The van der Waals surface area contributed by atoms with E-state index in [-0.39, 0.29) is 24.2 Å². The Labute approximate surface area is 186 Å². The average molecular weight is 437 g/mol. The number of aromatic amines is 1. The first kappa shape index (κ1) is 21.7. The summed E-state index contributed by atoms with van der Waals surface area (Å²) < 4.78 is 10.4. The van der Waals surface area contributed by atoms with Crippen molar-refractivity contribution >= 4 is 22.9 Å². The lowest BCUT2D eigenvalue weighted by molar-refractivity contribution is -0.139. The lowest BCUT2D eigenvalue weighted by Gasteiger charge is -2.38. The molecule has 1 aliphatic rings. The molecule has 0 bridgehead atoms. The summed E-state index contributed by atoms with van der Waals surface area (Å²) in [6, 6.07) is 12.7. The van der Waals surface area contributed by atoms with Gasteiger partial charge in [0.05, 0.1) is 25.3 Å². The normalized spacial score (nSPS) is 18.5. The lowest BCUT2D eigenvalue weighted by Crippen LogP contribution is -2.45. The number of hydrogen-bond acceptors (Lipinski definition) is 5. The van der Waals surface area contributed by atoms with Crippen LogP contribution in [0.25, 0.3) is 11.0 Å². The van der Waals surface area contributed by atoms with Gasteiger partial charge in [-0.3, -0.25) is 9.59 Å². The van der Waals surface area contributed by atoms with Crippen LogP contribution in [0.2, 0.25) is 0 Å². The van der Waals surface area contributed by atoms with Crippen LogP contribution in [0.5, 0.6) is 11.5 Å². The van der Waals surface area contributed by atoms with Gasteiger partial charge in [0, 0.05) is 37.6 Å². The second-order valence-electron chi connectivity index (χ2n) is 8.16.